The number of hydrazine groups is 1. The Morgan fingerprint density at radius 3 is 2.85 bits per heavy atom. The highest BCUT2D eigenvalue weighted by Gasteiger charge is 2.25. The van der Waals surface area contributed by atoms with Crippen molar-refractivity contribution < 1.29 is 4.74 Å². The lowest BCUT2D eigenvalue weighted by molar-refractivity contribution is 0.0924. The van der Waals surface area contributed by atoms with Gasteiger partial charge in [-0.1, -0.05) is 13.8 Å². The molecule has 1 aliphatic rings. The number of nitrogen functional groups attached to an aromatic ring is 1. The highest BCUT2D eigenvalue weighted by atomic mass is 16.5. The van der Waals surface area contributed by atoms with Crippen LogP contribution in [-0.2, 0) is 11.2 Å². The third-order valence-electron chi connectivity index (χ3n) is 3.75. The van der Waals surface area contributed by atoms with Crippen LogP contribution < -0.4 is 16.2 Å². The number of hydrogen-bond acceptors (Lipinski definition) is 6. The average Bonchev–Trinajstić information content (AvgIpc) is 2.49. The molecule has 2 heterocycles. The third-order valence-corrected chi connectivity index (χ3v) is 3.75. The van der Waals surface area contributed by atoms with Gasteiger partial charge in [0.05, 0.1) is 19.3 Å². The van der Waals surface area contributed by atoms with Crippen LogP contribution in [0.25, 0.3) is 0 Å². The minimum absolute atomic E-state index is 0.373. The fourth-order valence-corrected chi connectivity index (χ4v) is 2.58. The van der Waals surface area contributed by atoms with Gasteiger partial charge in [0.1, 0.15) is 17.5 Å². The maximum atomic E-state index is 5.60. The maximum Gasteiger partial charge on any atom is 0.148 e. The Labute approximate surface area is 120 Å². The van der Waals surface area contributed by atoms with Crippen LogP contribution in [-0.4, -0.2) is 35.8 Å². The molecule has 6 heteroatoms. The summed E-state index contributed by atoms with van der Waals surface area (Å²) in [6.45, 7) is 8.69. The van der Waals surface area contributed by atoms with Crippen LogP contribution in [0.2, 0.25) is 0 Å². The summed E-state index contributed by atoms with van der Waals surface area (Å²) in [7, 11) is 0. The Morgan fingerprint density at radius 2 is 2.20 bits per heavy atom. The largest absolute Gasteiger partial charge is 0.377 e. The third kappa shape index (κ3) is 3.02. The zero-order valence-corrected chi connectivity index (χ0v) is 12.6. The van der Waals surface area contributed by atoms with Crippen LogP contribution in [0, 0.1) is 6.92 Å². The minimum Gasteiger partial charge on any atom is -0.377 e. The zero-order valence-electron chi connectivity index (χ0n) is 12.6. The number of anilines is 2. The first-order valence-corrected chi connectivity index (χ1v) is 7.39. The number of hydrogen-bond donors (Lipinski definition) is 2. The molecule has 1 unspecified atom stereocenters. The molecule has 3 N–H and O–H groups in total. The standard InChI is InChI=1S/C14H25N5O/c1-4-6-12-16-13(18-15)10(3)14(17-12)19-7-8-20-9-11(19)5-2/h11H,4-9,15H2,1-3H3,(H,16,17,18). The van der Waals surface area contributed by atoms with Crippen molar-refractivity contribution in [1.29, 1.82) is 0 Å². The fraction of sp³-hybridized carbons (Fsp3) is 0.714. The summed E-state index contributed by atoms with van der Waals surface area (Å²) in [6.07, 6.45) is 2.92. The number of aryl methyl sites for hydroxylation is 1. The number of morpholine rings is 1. The van der Waals surface area contributed by atoms with Crippen LogP contribution in [0.15, 0.2) is 0 Å². The van der Waals surface area contributed by atoms with Gasteiger partial charge < -0.3 is 15.1 Å². The van der Waals surface area contributed by atoms with Gasteiger partial charge in [-0.3, -0.25) is 0 Å². The van der Waals surface area contributed by atoms with Gasteiger partial charge in [0.2, 0.25) is 0 Å². The smallest absolute Gasteiger partial charge is 0.148 e. The van der Waals surface area contributed by atoms with E-state index in [-0.39, 0.29) is 0 Å². The quantitative estimate of drug-likeness (QED) is 0.630. The van der Waals surface area contributed by atoms with Crippen molar-refractivity contribution in [2.75, 3.05) is 30.1 Å². The summed E-state index contributed by atoms with van der Waals surface area (Å²) in [6, 6.07) is 0.373. The van der Waals surface area contributed by atoms with E-state index in [2.05, 4.69) is 29.2 Å². The first-order chi connectivity index (χ1) is 9.71. The number of ether oxygens (including phenoxy) is 1. The predicted octanol–water partition coefficient (Wildman–Crippen LogP) is 1.64. The van der Waals surface area contributed by atoms with Gasteiger partial charge in [0.25, 0.3) is 0 Å². The number of nitrogens with two attached hydrogens (primary N) is 1. The highest BCUT2D eigenvalue weighted by molar-refractivity contribution is 5.59. The molecule has 1 atom stereocenters. The molecule has 1 aromatic heterocycles. The number of nitrogens with one attached hydrogen (secondary N) is 1. The van der Waals surface area contributed by atoms with Gasteiger partial charge in [-0.25, -0.2) is 15.8 Å². The summed E-state index contributed by atoms with van der Waals surface area (Å²) in [5.74, 6) is 8.16. The van der Waals surface area contributed by atoms with Gasteiger partial charge in [0.15, 0.2) is 0 Å². The van der Waals surface area contributed by atoms with E-state index < -0.39 is 0 Å². The molecular weight excluding hydrogens is 254 g/mol. The molecule has 0 spiro atoms. The number of nitrogens with zero attached hydrogens (tertiary/aromatic N) is 3. The van der Waals surface area contributed by atoms with Crippen LogP contribution in [0.5, 0.6) is 0 Å². The van der Waals surface area contributed by atoms with Gasteiger partial charge in [-0.05, 0) is 19.8 Å². The molecule has 0 amide bonds. The topological polar surface area (TPSA) is 76.3 Å². The Balaban J connectivity index is 2.39. The molecular formula is C14H25N5O. The second-order valence-electron chi connectivity index (χ2n) is 5.16. The SMILES string of the molecule is CCCc1nc(NN)c(C)c(N2CCOCC2CC)n1. The van der Waals surface area contributed by atoms with Crippen molar-refractivity contribution in [3.05, 3.63) is 11.4 Å². The van der Waals surface area contributed by atoms with E-state index in [9.17, 15) is 0 Å². The normalized spacial score (nSPS) is 19.2. The lowest BCUT2D eigenvalue weighted by Gasteiger charge is -2.37. The summed E-state index contributed by atoms with van der Waals surface area (Å²) in [4.78, 5) is 11.6. The number of rotatable bonds is 5. The second kappa shape index (κ2) is 6.85. The molecule has 0 radical (unpaired) electrons. The van der Waals surface area contributed by atoms with Crippen molar-refractivity contribution in [1.82, 2.24) is 9.97 Å². The maximum absolute atomic E-state index is 5.60. The van der Waals surface area contributed by atoms with Gasteiger partial charge in [-0.15, -0.1) is 0 Å². The summed E-state index contributed by atoms with van der Waals surface area (Å²) >= 11 is 0. The van der Waals surface area contributed by atoms with Gasteiger partial charge >= 0.3 is 0 Å². The van der Waals surface area contributed by atoms with Crippen LogP contribution >= 0.6 is 0 Å². The molecule has 0 bridgehead atoms. The molecule has 2 rings (SSSR count). The monoisotopic (exact) mass is 279 g/mol. The molecule has 1 aromatic rings. The first kappa shape index (κ1) is 15.0. The Morgan fingerprint density at radius 1 is 1.40 bits per heavy atom. The fourth-order valence-electron chi connectivity index (χ4n) is 2.58. The zero-order chi connectivity index (χ0) is 14.5. The summed E-state index contributed by atoms with van der Waals surface area (Å²) in [5, 5.41) is 0. The van der Waals surface area contributed by atoms with Crippen molar-refractivity contribution in [2.24, 2.45) is 5.84 Å². The first-order valence-electron chi connectivity index (χ1n) is 7.39. The van der Waals surface area contributed by atoms with Crippen molar-refractivity contribution in [3.63, 3.8) is 0 Å². The average molecular weight is 279 g/mol. The molecule has 1 aliphatic heterocycles. The van der Waals surface area contributed by atoms with E-state index in [4.69, 9.17) is 15.6 Å². The van der Waals surface area contributed by atoms with E-state index in [1.807, 2.05) is 6.92 Å². The molecule has 1 saturated heterocycles. The van der Waals surface area contributed by atoms with Gasteiger partial charge in [-0.2, -0.15) is 0 Å². The molecule has 0 aromatic carbocycles. The highest BCUT2D eigenvalue weighted by Crippen LogP contribution is 2.27. The summed E-state index contributed by atoms with van der Waals surface area (Å²) in [5.41, 5.74) is 3.70. The molecule has 112 valence electrons. The molecule has 0 aliphatic carbocycles. The lowest BCUT2D eigenvalue weighted by atomic mass is 10.1. The lowest BCUT2D eigenvalue weighted by Crippen LogP contribution is -2.46. The molecule has 1 fully saturated rings. The Hall–Kier alpha value is -1.40. The predicted molar refractivity (Wildman–Crippen MR) is 80.8 cm³/mol. The van der Waals surface area contributed by atoms with E-state index in [1.165, 1.54) is 0 Å². The van der Waals surface area contributed by atoms with E-state index in [1.54, 1.807) is 0 Å². The van der Waals surface area contributed by atoms with Crippen molar-refractivity contribution in [2.45, 2.75) is 46.1 Å². The van der Waals surface area contributed by atoms with E-state index >= 15 is 0 Å². The van der Waals surface area contributed by atoms with E-state index in [0.29, 0.717) is 6.04 Å². The molecule has 0 saturated carbocycles. The summed E-state index contributed by atoms with van der Waals surface area (Å²) < 4.78 is 5.57. The van der Waals surface area contributed by atoms with Gasteiger partial charge in [0, 0.05) is 18.5 Å². The Bertz CT molecular complexity index is 451. The van der Waals surface area contributed by atoms with Crippen LogP contribution in [0.4, 0.5) is 11.6 Å². The van der Waals surface area contributed by atoms with E-state index in [0.717, 1.165) is 62.0 Å². The second-order valence-corrected chi connectivity index (χ2v) is 5.16. The number of aromatic nitrogens is 2. The van der Waals surface area contributed by atoms with Crippen molar-refractivity contribution in [3.8, 4) is 0 Å². The Kier molecular flexibility index (Phi) is 5.14. The molecule has 20 heavy (non-hydrogen) atoms. The van der Waals surface area contributed by atoms with Crippen LogP contribution in [0.3, 0.4) is 0 Å². The minimum atomic E-state index is 0.373. The molecule has 6 nitrogen and oxygen atoms in total. The van der Waals surface area contributed by atoms with Crippen LogP contribution in [0.1, 0.15) is 38.1 Å². The van der Waals surface area contributed by atoms with Crippen molar-refractivity contribution >= 4 is 11.6 Å².